The number of ketones is 2. The number of nitrogens with zero attached hydrogens (tertiary/aromatic N) is 1. The number of aliphatic hydroxyl groups excluding tert-OH is 1. The molecule has 2 aliphatic rings. The summed E-state index contributed by atoms with van der Waals surface area (Å²) in [5, 5.41) is 20.1. The van der Waals surface area contributed by atoms with Gasteiger partial charge in [-0.1, -0.05) is 12.1 Å². The van der Waals surface area contributed by atoms with Crippen LogP contribution in [0.2, 0.25) is 5.82 Å². The zero-order valence-electron chi connectivity index (χ0n) is 14.9. The zero-order valence-corrected chi connectivity index (χ0v) is 14.9. The minimum atomic E-state index is -1.12. The molecule has 1 aromatic carbocycles. The quantitative estimate of drug-likeness (QED) is 0.501. The van der Waals surface area contributed by atoms with Crippen LogP contribution in [0.25, 0.3) is 0 Å². The molecule has 0 spiro atoms. The van der Waals surface area contributed by atoms with Crippen molar-refractivity contribution in [2.75, 3.05) is 19.6 Å². The molecule has 7 nitrogen and oxygen atoms in total. The zero-order chi connectivity index (χ0) is 18.8. The third-order valence-electron chi connectivity index (χ3n) is 5.21. The lowest BCUT2D eigenvalue weighted by molar-refractivity contribution is -0.121. The van der Waals surface area contributed by atoms with Gasteiger partial charge in [0.25, 0.3) is 0 Å². The summed E-state index contributed by atoms with van der Waals surface area (Å²) >= 11 is 0. The van der Waals surface area contributed by atoms with Gasteiger partial charge in [0.1, 0.15) is 11.5 Å². The van der Waals surface area contributed by atoms with E-state index in [2.05, 4.69) is 0 Å². The molecule has 1 aromatic rings. The first-order valence-corrected chi connectivity index (χ1v) is 9.00. The van der Waals surface area contributed by atoms with Crippen molar-refractivity contribution in [1.82, 2.24) is 4.90 Å². The second-order valence-electron chi connectivity index (χ2n) is 7.32. The minimum absolute atomic E-state index is 0.00788. The van der Waals surface area contributed by atoms with E-state index in [1.165, 1.54) is 6.92 Å². The van der Waals surface area contributed by atoms with Crippen molar-refractivity contribution in [1.29, 1.82) is 0 Å². The van der Waals surface area contributed by atoms with Crippen LogP contribution in [0, 0.1) is 0 Å². The number of fused-ring (bicyclic) bond motifs is 1. The van der Waals surface area contributed by atoms with Crippen LogP contribution < -0.4 is 10.4 Å². The third-order valence-corrected chi connectivity index (χ3v) is 5.21. The topological polar surface area (TPSA) is 113 Å². The molecule has 0 saturated carbocycles. The summed E-state index contributed by atoms with van der Waals surface area (Å²) in [6, 6.07) is 5.08. The van der Waals surface area contributed by atoms with E-state index >= 15 is 0 Å². The normalized spacial score (nSPS) is 26.2. The number of para-hydroxylation sites is 1. The first-order chi connectivity index (χ1) is 12.3. The summed E-state index contributed by atoms with van der Waals surface area (Å²) in [6.07, 6.45) is 0.711. The summed E-state index contributed by atoms with van der Waals surface area (Å²) in [7, 11) is -1.12. The van der Waals surface area contributed by atoms with Gasteiger partial charge in [0.2, 0.25) is 0 Å². The fraction of sp³-hybridized carbons (Fsp3) is 0.556. The first kappa shape index (κ1) is 19.0. The summed E-state index contributed by atoms with van der Waals surface area (Å²) in [4.78, 5) is 26.0. The van der Waals surface area contributed by atoms with E-state index in [9.17, 15) is 19.7 Å². The van der Waals surface area contributed by atoms with E-state index < -0.39 is 13.2 Å². The summed E-state index contributed by atoms with van der Waals surface area (Å²) in [5.74, 6) is -0.0598. The second-order valence-corrected chi connectivity index (χ2v) is 7.32. The van der Waals surface area contributed by atoms with E-state index in [0.29, 0.717) is 37.2 Å². The molecule has 1 saturated heterocycles. The molecule has 0 aromatic heterocycles. The molecule has 0 aliphatic carbocycles. The predicted octanol–water partition coefficient (Wildman–Crippen LogP) is 0.0279. The highest BCUT2D eigenvalue weighted by molar-refractivity contribution is 6.47. The van der Waals surface area contributed by atoms with E-state index in [4.69, 9.17) is 10.4 Å². The van der Waals surface area contributed by atoms with Gasteiger partial charge in [-0.25, -0.2) is 0 Å². The number of carbonyl (C=O) groups excluding carboxylic acids is 2. The largest absolute Gasteiger partial charge is 0.535 e. The number of Topliss-reactive ketones (excluding diaryl/α,β-unsaturated/α-hetero) is 2. The molecule has 26 heavy (non-hydrogen) atoms. The summed E-state index contributed by atoms with van der Waals surface area (Å²) in [5.41, 5.74) is 7.06. The van der Waals surface area contributed by atoms with E-state index in [0.717, 1.165) is 5.56 Å². The molecule has 2 unspecified atom stereocenters. The summed E-state index contributed by atoms with van der Waals surface area (Å²) < 4.78 is 5.57. The Morgan fingerprint density at radius 2 is 2.19 bits per heavy atom. The van der Waals surface area contributed by atoms with Gasteiger partial charge < -0.3 is 20.5 Å². The van der Waals surface area contributed by atoms with E-state index in [-0.39, 0.29) is 36.4 Å². The van der Waals surface area contributed by atoms with Crippen molar-refractivity contribution in [2.24, 2.45) is 5.73 Å². The number of carbonyl (C=O) groups is 2. The van der Waals surface area contributed by atoms with Gasteiger partial charge in [-0.05, 0) is 31.4 Å². The molecule has 0 amide bonds. The number of β-amino-alcohol motifs (C(OH)–C–C–N with tert-alkyl or cyclic N) is 1. The highest BCUT2D eigenvalue weighted by Crippen LogP contribution is 2.36. The number of piperidine rings is 1. The van der Waals surface area contributed by atoms with E-state index in [1.807, 2.05) is 11.0 Å². The predicted molar refractivity (Wildman–Crippen MR) is 97.2 cm³/mol. The fourth-order valence-corrected chi connectivity index (χ4v) is 3.70. The van der Waals surface area contributed by atoms with Crippen LogP contribution >= 0.6 is 0 Å². The smallest absolute Gasteiger partial charge is 0.526 e. The Morgan fingerprint density at radius 1 is 1.42 bits per heavy atom. The first-order valence-electron chi connectivity index (χ1n) is 9.00. The Labute approximate surface area is 153 Å². The molecule has 3 rings (SSSR count). The van der Waals surface area contributed by atoms with Crippen LogP contribution in [0.1, 0.15) is 35.7 Å². The SMILES string of the molecule is CC(=O)c1cccc2c1OB(O)[C@@H](CC(=O)CN1CCC(N)C(O)C1)C2. The lowest BCUT2D eigenvalue weighted by Crippen LogP contribution is -2.51. The Bertz CT molecular complexity index is 698. The lowest BCUT2D eigenvalue weighted by Gasteiger charge is -2.34. The van der Waals surface area contributed by atoms with Gasteiger partial charge in [0.15, 0.2) is 5.78 Å². The highest BCUT2D eigenvalue weighted by atomic mass is 16.5. The average Bonchev–Trinajstić information content (AvgIpc) is 2.58. The van der Waals surface area contributed by atoms with Crippen molar-refractivity contribution < 1.29 is 24.4 Å². The van der Waals surface area contributed by atoms with Gasteiger partial charge in [0, 0.05) is 31.4 Å². The van der Waals surface area contributed by atoms with Crippen LogP contribution in [0.4, 0.5) is 0 Å². The van der Waals surface area contributed by atoms with E-state index in [1.54, 1.807) is 12.1 Å². The Balaban J connectivity index is 1.61. The number of nitrogens with two attached hydrogens (primary N) is 1. The van der Waals surface area contributed by atoms with Gasteiger partial charge in [-0.3, -0.25) is 14.5 Å². The average molecular weight is 360 g/mol. The molecule has 0 radical (unpaired) electrons. The number of rotatable bonds is 5. The van der Waals surface area contributed by atoms with Crippen molar-refractivity contribution in [3.63, 3.8) is 0 Å². The molecular formula is C18H25BN2O5. The number of aliphatic hydroxyl groups is 1. The standard InChI is InChI=1S/C18H25BN2O5/c1-11(22)15-4-2-3-12-7-13(19(25)26-18(12)15)8-14(23)9-21-6-5-16(20)17(24)10-21/h2-4,13,16-17,24-25H,5-10,20H2,1H3/t13-,16?,17?/m1/s1. The maximum Gasteiger partial charge on any atom is 0.526 e. The van der Waals surface area contributed by atoms with Crippen LogP contribution in [0.15, 0.2) is 18.2 Å². The minimum Gasteiger partial charge on any atom is -0.535 e. The second kappa shape index (κ2) is 7.88. The van der Waals surface area contributed by atoms with Gasteiger partial charge in [-0.15, -0.1) is 0 Å². The lowest BCUT2D eigenvalue weighted by atomic mass is 9.64. The monoisotopic (exact) mass is 360 g/mol. The molecule has 4 N–H and O–H groups in total. The molecule has 0 bridgehead atoms. The highest BCUT2D eigenvalue weighted by Gasteiger charge is 2.37. The Hall–Kier alpha value is -1.74. The maximum atomic E-state index is 12.4. The number of likely N-dealkylation sites (tertiary alicyclic amines) is 1. The van der Waals surface area contributed by atoms with Crippen LogP contribution in [-0.2, 0) is 11.2 Å². The molecule has 2 heterocycles. The molecule has 2 aliphatic heterocycles. The molecule has 8 heteroatoms. The molecule has 1 fully saturated rings. The van der Waals surface area contributed by atoms with Crippen LogP contribution in [0.5, 0.6) is 5.75 Å². The van der Waals surface area contributed by atoms with Gasteiger partial charge in [-0.2, -0.15) is 0 Å². The van der Waals surface area contributed by atoms with Crippen molar-refractivity contribution >= 4 is 18.7 Å². The van der Waals surface area contributed by atoms with Crippen molar-refractivity contribution in [2.45, 2.75) is 44.1 Å². The van der Waals surface area contributed by atoms with Gasteiger partial charge in [0.05, 0.1) is 18.2 Å². The van der Waals surface area contributed by atoms with Gasteiger partial charge >= 0.3 is 7.12 Å². The number of benzene rings is 1. The van der Waals surface area contributed by atoms with Crippen molar-refractivity contribution in [3.05, 3.63) is 29.3 Å². The van der Waals surface area contributed by atoms with Crippen LogP contribution in [0.3, 0.4) is 0 Å². The number of hydrogen-bond donors (Lipinski definition) is 3. The summed E-state index contributed by atoms with van der Waals surface area (Å²) in [6.45, 7) is 2.76. The molecule has 140 valence electrons. The third kappa shape index (κ3) is 4.15. The van der Waals surface area contributed by atoms with Crippen molar-refractivity contribution in [3.8, 4) is 5.75 Å². The maximum absolute atomic E-state index is 12.4. The molecule has 3 atom stereocenters. The Kier molecular flexibility index (Phi) is 5.77. The fourth-order valence-electron chi connectivity index (χ4n) is 3.70. The molecular weight excluding hydrogens is 335 g/mol. The van der Waals surface area contributed by atoms with Crippen LogP contribution in [-0.4, -0.2) is 65.5 Å². The number of hydrogen-bond acceptors (Lipinski definition) is 7. The Morgan fingerprint density at radius 3 is 2.88 bits per heavy atom.